The lowest BCUT2D eigenvalue weighted by Crippen LogP contribution is -2.48. The summed E-state index contributed by atoms with van der Waals surface area (Å²) < 4.78 is 0.704. The smallest absolute Gasteiger partial charge is 0.254 e. The van der Waals surface area contributed by atoms with Crippen molar-refractivity contribution in [3.63, 3.8) is 0 Å². The Morgan fingerprint density at radius 1 is 1.41 bits per heavy atom. The van der Waals surface area contributed by atoms with Crippen LogP contribution in [-0.4, -0.2) is 53.4 Å². The van der Waals surface area contributed by atoms with Gasteiger partial charge < -0.3 is 9.80 Å². The van der Waals surface area contributed by atoms with Crippen LogP contribution in [0.4, 0.5) is 0 Å². The molecule has 0 aromatic carbocycles. The largest absolute Gasteiger partial charge is 0.336 e. The Kier molecular flexibility index (Phi) is 4.12. The van der Waals surface area contributed by atoms with Gasteiger partial charge in [0.1, 0.15) is 4.60 Å². The van der Waals surface area contributed by atoms with E-state index in [0.29, 0.717) is 10.2 Å². The van der Waals surface area contributed by atoms with E-state index in [0.717, 1.165) is 32.7 Å². The predicted molar refractivity (Wildman–Crippen MR) is 70.0 cm³/mol. The van der Waals surface area contributed by atoms with Crippen molar-refractivity contribution in [1.82, 2.24) is 14.8 Å². The number of hydrogen-bond donors (Lipinski definition) is 0. The molecule has 0 unspecified atom stereocenters. The Morgan fingerprint density at radius 2 is 2.12 bits per heavy atom. The van der Waals surface area contributed by atoms with Crippen LogP contribution >= 0.6 is 15.9 Å². The molecule has 2 heterocycles. The number of hydrogen-bond acceptors (Lipinski definition) is 3. The van der Waals surface area contributed by atoms with Gasteiger partial charge in [-0.15, -0.1) is 0 Å². The van der Waals surface area contributed by atoms with E-state index in [1.54, 1.807) is 18.3 Å². The molecule has 0 bridgehead atoms. The number of nitrogens with zero attached hydrogens (tertiary/aromatic N) is 3. The predicted octanol–water partition coefficient (Wildman–Crippen LogP) is 1.62. The molecule has 5 heteroatoms. The molecule has 1 aliphatic rings. The van der Waals surface area contributed by atoms with Gasteiger partial charge >= 0.3 is 0 Å². The van der Waals surface area contributed by atoms with Gasteiger partial charge in [0.2, 0.25) is 0 Å². The molecule has 0 aliphatic carbocycles. The third-order valence-electron chi connectivity index (χ3n) is 3.08. The molecule has 4 nitrogen and oxygen atoms in total. The molecule has 17 heavy (non-hydrogen) atoms. The van der Waals surface area contributed by atoms with Crippen LogP contribution in [0.25, 0.3) is 0 Å². The van der Waals surface area contributed by atoms with Crippen molar-refractivity contribution in [3.05, 3.63) is 28.5 Å². The Labute approximate surface area is 110 Å². The van der Waals surface area contributed by atoms with Gasteiger partial charge in [0.15, 0.2) is 0 Å². The molecule has 92 valence electrons. The fourth-order valence-corrected chi connectivity index (χ4v) is 2.35. The maximum absolute atomic E-state index is 12.2. The number of aromatic nitrogens is 1. The zero-order valence-electron chi connectivity index (χ0n) is 9.90. The van der Waals surface area contributed by atoms with Crippen molar-refractivity contribution in [2.75, 3.05) is 32.7 Å². The van der Waals surface area contributed by atoms with E-state index in [9.17, 15) is 4.79 Å². The SMILES string of the molecule is CCN1CCN(C(=O)c2ccnc(Br)c2)CC1. The summed E-state index contributed by atoms with van der Waals surface area (Å²) in [5.41, 5.74) is 0.705. The first-order valence-corrected chi connectivity index (χ1v) is 6.63. The summed E-state index contributed by atoms with van der Waals surface area (Å²) in [6.45, 7) is 6.77. The van der Waals surface area contributed by atoms with Crippen molar-refractivity contribution in [2.45, 2.75) is 6.92 Å². The summed E-state index contributed by atoms with van der Waals surface area (Å²) in [5, 5.41) is 0. The van der Waals surface area contributed by atoms with Crippen LogP contribution in [0.3, 0.4) is 0 Å². The van der Waals surface area contributed by atoms with Crippen LogP contribution in [0.2, 0.25) is 0 Å². The van der Waals surface area contributed by atoms with Crippen molar-refractivity contribution < 1.29 is 4.79 Å². The van der Waals surface area contributed by atoms with Gasteiger partial charge in [-0.1, -0.05) is 6.92 Å². The summed E-state index contributed by atoms with van der Waals surface area (Å²) in [5.74, 6) is 0.101. The number of rotatable bonds is 2. The second-order valence-corrected chi connectivity index (χ2v) is 4.91. The average molecular weight is 298 g/mol. The minimum atomic E-state index is 0.101. The maximum Gasteiger partial charge on any atom is 0.254 e. The molecule has 0 N–H and O–H groups in total. The molecule has 1 amide bonds. The van der Waals surface area contributed by atoms with E-state index in [2.05, 4.69) is 32.7 Å². The minimum absolute atomic E-state index is 0.101. The van der Waals surface area contributed by atoms with Crippen molar-refractivity contribution in [2.24, 2.45) is 0 Å². The van der Waals surface area contributed by atoms with Gasteiger partial charge in [0.25, 0.3) is 5.91 Å². The number of piperazine rings is 1. The average Bonchev–Trinajstić information content (AvgIpc) is 2.38. The standard InChI is InChI=1S/C12H16BrN3O/c1-2-15-5-7-16(8-6-15)12(17)10-3-4-14-11(13)9-10/h3-4,9H,2,5-8H2,1H3. The van der Waals surface area contributed by atoms with Crippen molar-refractivity contribution >= 4 is 21.8 Å². The lowest BCUT2D eigenvalue weighted by molar-refractivity contribution is 0.0643. The number of amides is 1. The molecule has 0 spiro atoms. The van der Waals surface area contributed by atoms with E-state index < -0.39 is 0 Å². The molecule has 0 atom stereocenters. The molecule has 1 aromatic heterocycles. The first kappa shape index (κ1) is 12.5. The van der Waals surface area contributed by atoms with Gasteiger partial charge in [0, 0.05) is 37.9 Å². The van der Waals surface area contributed by atoms with Crippen LogP contribution in [0, 0.1) is 0 Å². The Bertz CT molecular complexity index is 402. The molecule has 1 aliphatic heterocycles. The zero-order chi connectivity index (χ0) is 12.3. The summed E-state index contributed by atoms with van der Waals surface area (Å²) in [6, 6.07) is 3.54. The molecule has 1 saturated heterocycles. The third kappa shape index (κ3) is 3.04. The number of pyridine rings is 1. The highest BCUT2D eigenvalue weighted by molar-refractivity contribution is 9.10. The quantitative estimate of drug-likeness (QED) is 0.779. The summed E-state index contributed by atoms with van der Waals surface area (Å²) in [4.78, 5) is 20.5. The molecule has 1 fully saturated rings. The molecular formula is C12H16BrN3O. The van der Waals surface area contributed by atoms with Crippen molar-refractivity contribution in [3.8, 4) is 0 Å². The van der Waals surface area contributed by atoms with Gasteiger partial charge in [-0.2, -0.15) is 0 Å². The van der Waals surface area contributed by atoms with Crippen LogP contribution in [0.15, 0.2) is 22.9 Å². The van der Waals surface area contributed by atoms with Crippen LogP contribution < -0.4 is 0 Å². The van der Waals surface area contributed by atoms with Gasteiger partial charge in [-0.25, -0.2) is 4.98 Å². The van der Waals surface area contributed by atoms with E-state index in [4.69, 9.17) is 0 Å². The van der Waals surface area contributed by atoms with E-state index in [-0.39, 0.29) is 5.91 Å². The lowest BCUT2D eigenvalue weighted by atomic mass is 10.2. The summed E-state index contributed by atoms with van der Waals surface area (Å²) in [6.07, 6.45) is 1.65. The maximum atomic E-state index is 12.2. The van der Waals surface area contributed by atoms with Crippen LogP contribution in [-0.2, 0) is 0 Å². The number of halogens is 1. The normalized spacial score (nSPS) is 17.2. The number of likely N-dealkylation sites (N-methyl/N-ethyl adjacent to an activating group) is 1. The third-order valence-corrected chi connectivity index (χ3v) is 3.51. The number of carbonyl (C=O) groups excluding carboxylic acids is 1. The second-order valence-electron chi connectivity index (χ2n) is 4.09. The van der Waals surface area contributed by atoms with Gasteiger partial charge in [0.05, 0.1) is 0 Å². The Hall–Kier alpha value is -0.940. The first-order valence-electron chi connectivity index (χ1n) is 5.84. The Morgan fingerprint density at radius 3 is 2.71 bits per heavy atom. The van der Waals surface area contributed by atoms with Gasteiger partial charge in [-0.3, -0.25) is 4.79 Å². The first-order chi connectivity index (χ1) is 8.20. The highest BCUT2D eigenvalue weighted by Crippen LogP contribution is 2.12. The van der Waals surface area contributed by atoms with E-state index >= 15 is 0 Å². The van der Waals surface area contributed by atoms with Gasteiger partial charge in [-0.05, 0) is 34.6 Å². The number of carbonyl (C=O) groups is 1. The van der Waals surface area contributed by atoms with E-state index in [1.165, 1.54) is 0 Å². The van der Waals surface area contributed by atoms with Crippen LogP contribution in [0.5, 0.6) is 0 Å². The zero-order valence-corrected chi connectivity index (χ0v) is 11.5. The topological polar surface area (TPSA) is 36.4 Å². The molecule has 0 saturated carbocycles. The second kappa shape index (κ2) is 5.60. The molecule has 1 aromatic rings. The Balaban J connectivity index is 2.02. The van der Waals surface area contributed by atoms with E-state index in [1.807, 2.05) is 4.90 Å². The molecular weight excluding hydrogens is 282 g/mol. The summed E-state index contributed by atoms with van der Waals surface area (Å²) >= 11 is 3.29. The highest BCUT2D eigenvalue weighted by Gasteiger charge is 2.21. The lowest BCUT2D eigenvalue weighted by Gasteiger charge is -2.34. The monoisotopic (exact) mass is 297 g/mol. The molecule has 0 radical (unpaired) electrons. The van der Waals surface area contributed by atoms with Crippen molar-refractivity contribution in [1.29, 1.82) is 0 Å². The fourth-order valence-electron chi connectivity index (χ4n) is 1.99. The highest BCUT2D eigenvalue weighted by atomic mass is 79.9. The minimum Gasteiger partial charge on any atom is -0.336 e. The summed E-state index contributed by atoms with van der Waals surface area (Å²) in [7, 11) is 0. The van der Waals surface area contributed by atoms with Crippen LogP contribution in [0.1, 0.15) is 17.3 Å². The molecule has 2 rings (SSSR count). The fraction of sp³-hybridized carbons (Fsp3) is 0.500.